The Morgan fingerprint density at radius 3 is 2.41 bits per heavy atom. The second kappa shape index (κ2) is 7.15. The lowest BCUT2D eigenvalue weighted by molar-refractivity contribution is -0.135. The van der Waals surface area contributed by atoms with Crippen LogP contribution in [0.1, 0.15) is 23.9 Å². The summed E-state index contributed by atoms with van der Waals surface area (Å²) in [6.45, 7) is 5.68. The number of hydrogen-bond acceptors (Lipinski definition) is 5. The van der Waals surface area contributed by atoms with Crippen LogP contribution in [0.4, 0.5) is 0 Å². The zero-order valence-electron chi connectivity index (χ0n) is 16.0. The highest BCUT2D eigenvalue weighted by atomic mass is 16.5. The number of aromatic nitrogens is 1. The number of rotatable bonds is 4. The molecular formula is C21H22N2O4. The first-order chi connectivity index (χ1) is 12.9. The number of ether oxygens (including phenoxy) is 2. The van der Waals surface area contributed by atoms with Crippen molar-refractivity contribution in [1.29, 1.82) is 0 Å². The van der Waals surface area contributed by atoms with Gasteiger partial charge in [0.05, 0.1) is 19.9 Å². The largest absolute Gasteiger partial charge is 0.505 e. The molecule has 2 aromatic rings. The Morgan fingerprint density at radius 2 is 1.81 bits per heavy atom. The van der Waals surface area contributed by atoms with Crippen LogP contribution in [-0.4, -0.2) is 35.6 Å². The van der Waals surface area contributed by atoms with Gasteiger partial charge in [0.25, 0.3) is 0 Å². The normalized spacial score (nSPS) is 15.3. The fraction of sp³-hybridized carbons (Fsp3) is 0.238. The molecular weight excluding hydrogens is 344 g/mol. The minimum atomic E-state index is -0.596. The average molecular weight is 366 g/mol. The molecule has 0 fully saturated rings. The molecule has 2 heterocycles. The molecule has 3 rings (SSSR count). The number of methoxy groups -OCH3 is 2. The van der Waals surface area contributed by atoms with Crippen LogP contribution in [0.15, 0.2) is 52.4 Å². The van der Waals surface area contributed by atoms with Gasteiger partial charge in [-0.05, 0) is 62.7 Å². The summed E-state index contributed by atoms with van der Waals surface area (Å²) in [5, 5.41) is 10.4. The highest BCUT2D eigenvalue weighted by molar-refractivity contribution is 6.22. The zero-order valence-corrected chi connectivity index (χ0v) is 16.0. The lowest BCUT2D eigenvalue weighted by Crippen LogP contribution is -2.11. The lowest BCUT2D eigenvalue weighted by Gasteiger charge is -2.10. The maximum Gasteiger partial charge on any atom is 0.343 e. The van der Waals surface area contributed by atoms with Crippen LogP contribution >= 0.6 is 0 Å². The van der Waals surface area contributed by atoms with Gasteiger partial charge in [0.15, 0.2) is 5.76 Å². The molecule has 0 aliphatic carbocycles. The molecule has 27 heavy (non-hydrogen) atoms. The molecule has 1 aromatic carbocycles. The van der Waals surface area contributed by atoms with E-state index >= 15 is 0 Å². The van der Waals surface area contributed by atoms with Gasteiger partial charge in [-0.1, -0.05) is 0 Å². The van der Waals surface area contributed by atoms with Crippen molar-refractivity contribution in [3.8, 4) is 11.4 Å². The van der Waals surface area contributed by atoms with E-state index in [0.29, 0.717) is 11.4 Å². The summed E-state index contributed by atoms with van der Waals surface area (Å²) in [4.78, 5) is 16.2. The molecule has 0 unspecified atom stereocenters. The number of aliphatic hydroxyl groups excluding tert-OH is 1. The Bertz CT molecular complexity index is 992. The highest BCUT2D eigenvalue weighted by Gasteiger charge is 2.27. The number of carbonyl (C=O) groups is 1. The number of esters is 1. The summed E-state index contributed by atoms with van der Waals surface area (Å²) in [6.07, 6.45) is 1.77. The molecule has 1 aromatic heterocycles. The predicted octanol–water partition coefficient (Wildman–Crippen LogP) is 3.90. The molecule has 1 aliphatic heterocycles. The molecule has 0 radical (unpaired) electrons. The van der Waals surface area contributed by atoms with Crippen LogP contribution in [0, 0.1) is 13.8 Å². The molecule has 0 atom stereocenters. The van der Waals surface area contributed by atoms with E-state index in [-0.39, 0.29) is 11.3 Å². The van der Waals surface area contributed by atoms with E-state index in [1.807, 2.05) is 44.2 Å². The maximum atomic E-state index is 11.8. The molecule has 0 bridgehead atoms. The second-order valence-corrected chi connectivity index (χ2v) is 6.30. The van der Waals surface area contributed by atoms with E-state index in [1.165, 1.54) is 7.11 Å². The first-order valence-corrected chi connectivity index (χ1v) is 8.50. The molecule has 1 N–H and O–H groups in total. The van der Waals surface area contributed by atoms with Crippen LogP contribution in [0.2, 0.25) is 0 Å². The van der Waals surface area contributed by atoms with Crippen molar-refractivity contribution in [3.63, 3.8) is 0 Å². The van der Waals surface area contributed by atoms with Gasteiger partial charge in [-0.3, -0.25) is 0 Å². The highest BCUT2D eigenvalue weighted by Crippen LogP contribution is 2.29. The van der Waals surface area contributed by atoms with Gasteiger partial charge in [0.1, 0.15) is 17.0 Å². The van der Waals surface area contributed by atoms with Crippen molar-refractivity contribution in [2.24, 2.45) is 4.99 Å². The standard InChI is InChI=1S/C21H22N2O4/c1-12-10-15(11-18-20(24)19(13(2)22-18)21(25)27-5)14(3)23(12)16-6-8-17(26-4)9-7-16/h6-11,24H,1-5H3. The van der Waals surface area contributed by atoms with Crippen LogP contribution < -0.4 is 4.74 Å². The van der Waals surface area contributed by atoms with Crippen molar-refractivity contribution in [2.45, 2.75) is 20.8 Å². The fourth-order valence-electron chi connectivity index (χ4n) is 3.25. The molecule has 6 nitrogen and oxygen atoms in total. The van der Waals surface area contributed by atoms with Crippen LogP contribution in [0.5, 0.6) is 5.75 Å². The summed E-state index contributed by atoms with van der Waals surface area (Å²) < 4.78 is 12.0. The van der Waals surface area contributed by atoms with Crippen LogP contribution in [0.25, 0.3) is 11.8 Å². The van der Waals surface area contributed by atoms with E-state index in [0.717, 1.165) is 28.4 Å². The van der Waals surface area contributed by atoms with Crippen molar-refractivity contribution >= 4 is 17.8 Å². The number of aryl methyl sites for hydroxylation is 1. The monoisotopic (exact) mass is 366 g/mol. The van der Waals surface area contributed by atoms with Crippen LogP contribution in [0.3, 0.4) is 0 Å². The van der Waals surface area contributed by atoms with Crippen molar-refractivity contribution in [3.05, 3.63) is 64.3 Å². The number of aliphatic hydroxyl groups is 1. The number of hydrogen-bond donors (Lipinski definition) is 1. The predicted molar refractivity (Wildman–Crippen MR) is 105 cm³/mol. The fourth-order valence-corrected chi connectivity index (χ4v) is 3.25. The van der Waals surface area contributed by atoms with Crippen molar-refractivity contribution in [1.82, 2.24) is 4.57 Å². The zero-order chi connectivity index (χ0) is 19.7. The third-order valence-electron chi connectivity index (χ3n) is 4.61. The van der Waals surface area contributed by atoms with Crippen molar-refractivity contribution < 1.29 is 19.4 Å². The van der Waals surface area contributed by atoms with E-state index in [1.54, 1.807) is 20.1 Å². The Kier molecular flexibility index (Phi) is 4.90. The van der Waals surface area contributed by atoms with Gasteiger partial charge in [-0.25, -0.2) is 9.79 Å². The van der Waals surface area contributed by atoms with Crippen molar-refractivity contribution in [2.75, 3.05) is 14.2 Å². The van der Waals surface area contributed by atoms with Gasteiger partial charge in [0.2, 0.25) is 0 Å². The summed E-state index contributed by atoms with van der Waals surface area (Å²) in [5.41, 5.74) is 4.85. The smallest absolute Gasteiger partial charge is 0.343 e. The van der Waals surface area contributed by atoms with Gasteiger partial charge in [-0.15, -0.1) is 0 Å². The lowest BCUT2D eigenvalue weighted by atomic mass is 10.1. The number of benzene rings is 1. The Hall–Kier alpha value is -3.28. The number of aliphatic imine (C=N–C) groups is 1. The van der Waals surface area contributed by atoms with E-state index < -0.39 is 5.97 Å². The quantitative estimate of drug-likeness (QED) is 0.833. The third kappa shape index (κ3) is 3.26. The molecule has 0 amide bonds. The van der Waals surface area contributed by atoms with Gasteiger partial charge >= 0.3 is 5.97 Å². The van der Waals surface area contributed by atoms with E-state index in [2.05, 4.69) is 9.56 Å². The molecule has 1 aliphatic rings. The molecule has 0 saturated carbocycles. The topological polar surface area (TPSA) is 73.0 Å². The maximum absolute atomic E-state index is 11.8. The average Bonchev–Trinajstić information content (AvgIpc) is 3.10. The summed E-state index contributed by atoms with van der Waals surface area (Å²) >= 11 is 0. The molecule has 0 saturated heterocycles. The van der Waals surface area contributed by atoms with Gasteiger partial charge in [0, 0.05) is 17.1 Å². The second-order valence-electron chi connectivity index (χ2n) is 6.30. The first-order valence-electron chi connectivity index (χ1n) is 8.50. The number of nitrogens with zero attached hydrogens (tertiary/aromatic N) is 2. The summed E-state index contributed by atoms with van der Waals surface area (Å²) in [6, 6.07) is 9.81. The van der Waals surface area contributed by atoms with Gasteiger partial charge < -0.3 is 19.1 Å². The van der Waals surface area contributed by atoms with Crippen LogP contribution in [-0.2, 0) is 9.53 Å². The van der Waals surface area contributed by atoms with Gasteiger partial charge in [-0.2, -0.15) is 0 Å². The number of carbonyl (C=O) groups excluding carboxylic acids is 1. The third-order valence-corrected chi connectivity index (χ3v) is 4.61. The van der Waals surface area contributed by atoms with E-state index in [9.17, 15) is 9.90 Å². The first kappa shape index (κ1) is 18.5. The Labute approximate surface area is 158 Å². The Morgan fingerprint density at radius 1 is 1.15 bits per heavy atom. The molecule has 6 heteroatoms. The molecule has 0 spiro atoms. The minimum Gasteiger partial charge on any atom is -0.505 e. The Balaban J connectivity index is 2.04. The minimum absolute atomic E-state index is 0.104. The SMILES string of the molecule is COC(=O)C1=C(O)C(=Cc2cc(C)n(-c3ccc(OC)cc3)c2C)N=C1C. The summed E-state index contributed by atoms with van der Waals surface area (Å²) in [7, 11) is 2.91. The summed E-state index contributed by atoms with van der Waals surface area (Å²) in [5.74, 6) is 0.0409. The van der Waals surface area contributed by atoms with E-state index in [4.69, 9.17) is 9.47 Å². The molecule has 140 valence electrons.